The lowest BCUT2D eigenvalue weighted by Gasteiger charge is -2.22. The van der Waals surface area contributed by atoms with Gasteiger partial charge in [-0.2, -0.15) is 0 Å². The summed E-state index contributed by atoms with van der Waals surface area (Å²) in [6.45, 7) is 4.51. The van der Waals surface area contributed by atoms with E-state index in [9.17, 15) is 4.39 Å². The number of fused-ring (bicyclic) bond motifs is 2. The largest absolute Gasteiger partial charge is 0.370 e. The molecule has 0 bridgehead atoms. The lowest BCUT2D eigenvalue weighted by molar-refractivity contribution is 0.387. The Kier molecular flexibility index (Phi) is 2.57. The quantitative estimate of drug-likeness (QED) is 0.790. The Labute approximate surface area is 116 Å². The molecule has 100 valence electrons. The smallest absolute Gasteiger partial charge is 0.126 e. The van der Waals surface area contributed by atoms with E-state index in [1.165, 1.54) is 18.5 Å². The van der Waals surface area contributed by atoms with Crippen molar-refractivity contribution >= 4 is 27.1 Å². The molecule has 2 unspecified atom stereocenters. The van der Waals surface area contributed by atoms with Gasteiger partial charge in [0.05, 0.1) is 0 Å². The molecule has 0 radical (unpaired) electrons. The van der Waals surface area contributed by atoms with Crippen LogP contribution in [0, 0.1) is 17.7 Å². The summed E-state index contributed by atoms with van der Waals surface area (Å²) in [5.41, 5.74) is 1.09. The number of benzene rings is 1. The highest BCUT2D eigenvalue weighted by molar-refractivity contribution is 7.17. The van der Waals surface area contributed by atoms with Crippen LogP contribution in [0.2, 0.25) is 0 Å². The van der Waals surface area contributed by atoms with Crippen molar-refractivity contribution in [3.63, 3.8) is 0 Å². The molecular weight excluding hydrogens is 259 g/mol. The summed E-state index contributed by atoms with van der Waals surface area (Å²) < 4.78 is 14.8. The molecule has 1 aromatic heterocycles. The van der Waals surface area contributed by atoms with Gasteiger partial charge < -0.3 is 9.80 Å². The zero-order chi connectivity index (χ0) is 13.0. The molecule has 0 spiro atoms. The Hall–Kier alpha value is -1.13. The van der Waals surface area contributed by atoms with Gasteiger partial charge in [-0.15, -0.1) is 11.3 Å². The zero-order valence-corrected chi connectivity index (χ0v) is 11.8. The molecule has 2 fully saturated rings. The van der Waals surface area contributed by atoms with Crippen LogP contribution in [0.4, 0.5) is 10.1 Å². The van der Waals surface area contributed by atoms with Crippen LogP contribution in [0.1, 0.15) is 0 Å². The number of thiophene rings is 1. The van der Waals surface area contributed by atoms with Gasteiger partial charge >= 0.3 is 0 Å². The highest BCUT2D eigenvalue weighted by Gasteiger charge is 2.39. The SMILES string of the molecule is CN1CC2CN(c3cc(F)cc4sccc34)CC2C1. The number of rotatable bonds is 1. The first-order valence-corrected chi connectivity index (χ1v) is 7.69. The fourth-order valence-electron chi connectivity index (χ4n) is 3.71. The van der Waals surface area contributed by atoms with Gasteiger partial charge in [0.25, 0.3) is 0 Å². The Morgan fingerprint density at radius 2 is 1.89 bits per heavy atom. The van der Waals surface area contributed by atoms with Crippen molar-refractivity contribution in [1.82, 2.24) is 4.90 Å². The average molecular weight is 276 g/mol. The van der Waals surface area contributed by atoms with Gasteiger partial charge in [-0.3, -0.25) is 0 Å². The summed E-state index contributed by atoms with van der Waals surface area (Å²) in [6.07, 6.45) is 0. The summed E-state index contributed by atoms with van der Waals surface area (Å²) >= 11 is 1.62. The van der Waals surface area contributed by atoms with Crippen molar-refractivity contribution in [3.8, 4) is 0 Å². The van der Waals surface area contributed by atoms with Gasteiger partial charge in [-0.05, 0) is 42.5 Å². The van der Waals surface area contributed by atoms with Crippen LogP contribution in [0.3, 0.4) is 0 Å². The second kappa shape index (κ2) is 4.18. The third-order valence-corrected chi connectivity index (χ3v) is 5.39. The maximum Gasteiger partial charge on any atom is 0.126 e. The number of anilines is 1. The van der Waals surface area contributed by atoms with Crippen LogP contribution in [0.15, 0.2) is 23.6 Å². The Morgan fingerprint density at radius 1 is 1.16 bits per heavy atom. The number of hydrogen-bond acceptors (Lipinski definition) is 3. The van der Waals surface area contributed by atoms with Gasteiger partial charge in [-0.25, -0.2) is 4.39 Å². The molecule has 1 aromatic carbocycles. The first-order chi connectivity index (χ1) is 9.20. The van der Waals surface area contributed by atoms with Crippen LogP contribution in [-0.2, 0) is 0 Å². The molecule has 19 heavy (non-hydrogen) atoms. The monoisotopic (exact) mass is 276 g/mol. The van der Waals surface area contributed by atoms with Crippen molar-refractivity contribution in [2.24, 2.45) is 11.8 Å². The van der Waals surface area contributed by atoms with E-state index in [1.54, 1.807) is 23.5 Å². The number of halogens is 1. The van der Waals surface area contributed by atoms with Crippen molar-refractivity contribution < 1.29 is 4.39 Å². The Balaban J connectivity index is 1.70. The lowest BCUT2D eigenvalue weighted by atomic mass is 10.0. The molecule has 3 heterocycles. The molecule has 2 saturated heterocycles. The molecule has 4 rings (SSSR count). The minimum atomic E-state index is -0.112. The fraction of sp³-hybridized carbons (Fsp3) is 0.467. The van der Waals surface area contributed by atoms with E-state index in [0.29, 0.717) is 0 Å². The number of hydrogen-bond donors (Lipinski definition) is 0. The van der Waals surface area contributed by atoms with Crippen molar-refractivity contribution in [2.45, 2.75) is 0 Å². The topological polar surface area (TPSA) is 6.48 Å². The third kappa shape index (κ3) is 1.85. The summed E-state index contributed by atoms with van der Waals surface area (Å²) in [5.74, 6) is 1.39. The van der Waals surface area contributed by atoms with Crippen molar-refractivity contribution in [2.75, 3.05) is 38.1 Å². The van der Waals surface area contributed by atoms with Crippen LogP contribution >= 0.6 is 11.3 Å². The van der Waals surface area contributed by atoms with E-state index in [2.05, 4.69) is 28.3 Å². The summed E-state index contributed by atoms with van der Waals surface area (Å²) in [7, 11) is 2.20. The average Bonchev–Trinajstić information content (AvgIpc) is 3.00. The number of nitrogens with zero attached hydrogens (tertiary/aromatic N) is 2. The highest BCUT2D eigenvalue weighted by atomic mass is 32.1. The predicted molar refractivity (Wildman–Crippen MR) is 78.5 cm³/mol. The molecular formula is C15H17FN2S. The van der Waals surface area contributed by atoms with E-state index in [4.69, 9.17) is 0 Å². The minimum absolute atomic E-state index is 0.112. The van der Waals surface area contributed by atoms with Gasteiger partial charge in [-0.1, -0.05) is 0 Å². The zero-order valence-electron chi connectivity index (χ0n) is 11.0. The first kappa shape index (κ1) is 11.7. The van der Waals surface area contributed by atoms with E-state index in [1.807, 2.05) is 0 Å². The second-order valence-electron chi connectivity index (χ2n) is 5.90. The molecule has 2 aliphatic rings. The molecule has 2 aliphatic heterocycles. The standard InChI is InChI=1S/C15H17FN2S/c1-17-6-10-8-18(9-11(10)7-17)14-4-12(16)5-15-13(14)2-3-19-15/h2-5,10-11H,6-9H2,1H3. The van der Waals surface area contributed by atoms with E-state index >= 15 is 0 Å². The first-order valence-electron chi connectivity index (χ1n) is 6.81. The molecule has 0 saturated carbocycles. The van der Waals surface area contributed by atoms with E-state index < -0.39 is 0 Å². The normalized spacial score (nSPS) is 27.4. The molecule has 0 aliphatic carbocycles. The van der Waals surface area contributed by atoms with Gasteiger partial charge in [0, 0.05) is 42.0 Å². The van der Waals surface area contributed by atoms with Gasteiger partial charge in [0.15, 0.2) is 0 Å². The van der Waals surface area contributed by atoms with Gasteiger partial charge in [0.1, 0.15) is 5.82 Å². The van der Waals surface area contributed by atoms with Gasteiger partial charge in [0.2, 0.25) is 0 Å². The summed E-state index contributed by atoms with van der Waals surface area (Å²) in [6, 6.07) is 5.48. The van der Waals surface area contributed by atoms with E-state index in [-0.39, 0.29) is 5.82 Å². The molecule has 2 nitrogen and oxygen atoms in total. The second-order valence-corrected chi connectivity index (χ2v) is 6.85. The molecule has 4 heteroatoms. The van der Waals surface area contributed by atoms with Crippen LogP contribution in [-0.4, -0.2) is 38.1 Å². The van der Waals surface area contributed by atoms with Crippen LogP contribution in [0.5, 0.6) is 0 Å². The van der Waals surface area contributed by atoms with Crippen LogP contribution in [0.25, 0.3) is 10.1 Å². The van der Waals surface area contributed by atoms with Crippen LogP contribution < -0.4 is 4.90 Å². The maximum absolute atomic E-state index is 13.8. The third-order valence-electron chi connectivity index (χ3n) is 4.52. The number of likely N-dealkylation sites (tertiary alicyclic amines) is 1. The molecule has 0 N–H and O–H groups in total. The lowest BCUT2D eigenvalue weighted by Crippen LogP contribution is -2.26. The summed E-state index contributed by atoms with van der Waals surface area (Å²) in [4.78, 5) is 4.80. The Bertz CT molecular complexity index is 610. The molecule has 2 aromatic rings. The maximum atomic E-state index is 13.8. The fourth-order valence-corrected chi connectivity index (χ4v) is 4.54. The van der Waals surface area contributed by atoms with E-state index in [0.717, 1.165) is 35.3 Å². The van der Waals surface area contributed by atoms with Crippen molar-refractivity contribution in [1.29, 1.82) is 0 Å². The molecule has 0 amide bonds. The summed E-state index contributed by atoms with van der Waals surface area (Å²) in [5, 5.41) is 3.26. The Morgan fingerprint density at radius 3 is 2.63 bits per heavy atom. The highest BCUT2D eigenvalue weighted by Crippen LogP contribution is 2.38. The minimum Gasteiger partial charge on any atom is -0.370 e. The predicted octanol–water partition coefficient (Wildman–Crippen LogP) is 3.04. The molecule has 2 atom stereocenters. The van der Waals surface area contributed by atoms with Crippen molar-refractivity contribution in [3.05, 3.63) is 29.4 Å².